The van der Waals surface area contributed by atoms with Crippen molar-refractivity contribution in [3.05, 3.63) is 94.6 Å². The highest BCUT2D eigenvalue weighted by molar-refractivity contribution is 6.31. The average molecular weight is 470 g/mol. The number of aromatic nitrogens is 1. The fourth-order valence-corrected chi connectivity index (χ4v) is 4.10. The summed E-state index contributed by atoms with van der Waals surface area (Å²) in [6.45, 7) is 4.57. The molecule has 2 N–H and O–H groups in total. The fraction of sp³-hybridized carbons (Fsp3) is 0.143. The number of hydrogen-bond donors (Lipinski definition) is 1. The molecule has 6 heteroatoms. The third kappa shape index (κ3) is 4.68. The van der Waals surface area contributed by atoms with Gasteiger partial charge in [0.25, 0.3) is 0 Å². The summed E-state index contributed by atoms with van der Waals surface area (Å²) in [5.41, 5.74) is 11.5. The summed E-state index contributed by atoms with van der Waals surface area (Å²) < 4.78 is 12.0. The fourth-order valence-electron chi connectivity index (χ4n) is 3.91. The van der Waals surface area contributed by atoms with E-state index < -0.39 is 0 Å². The number of nitrogens with two attached hydrogens (primary N) is 1. The summed E-state index contributed by atoms with van der Waals surface area (Å²) in [6, 6.07) is 25.3. The van der Waals surface area contributed by atoms with Crippen molar-refractivity contribution < 1.29 is 9.47 Å². The normalized spacial score (nSPS) is 10.5. The molecule has 0 radical (unpaired) electrons. The van der Waals surface area contributed by atoms with Crippen molar-refractivity contribution in [1.29, 1.82) is 5.26 Å². The number of rotatable bonds is 7. The number of nitriles is 1. The van der Waals surface area contributed by atoms with Gasteiger partial charge in [-0.25, -0.2) is 4.98 Å². The van der Waals surface area contributed by atoms with E-state index in [0.717, 1.165) is 33.5 Å². The zero-order chi connectivity index (χ0) is 24.1. The van der Waals surface area contributed by atoms with Gasteiger partial charge in [-0.05, 0) is 43.2 Å². The minimum Gasteiger partial charge on any atom is -0.490 e. The molecule has 1 aromatic heterocycles. The van der Waals surface area contributed by atoms with Gasteiger partial charge in [0.15, 0.2) is 11.5 Å². The molecule has 0 aliphatic rings. The van der Waals surface area contributed by atoms with Crippen LogP contribution < -0.4 is 15.2 Å². The highest BCUT2D eigenvalue weighted by Gasteiger charge is 2.21. The van der Waals surface area contributed by atoms with Crippen LogP contribution in [-0.4, -0.2) is 11.6 Å². The average Bonchev–Trinajstić information content (AvgIpc) is 2.84. The molecule has 0 spiro atoms. The predicted octanol–water partition coefficient (Wildman–Crippen LogP) is 6.81. The highest BCUT2D eigenvalue weighted by atomic mass is 35.5. The first-order valence-corrected chi connectivity index (χ1v) is 11.3. The Morgan fingerprint density at radius 2 is 1.65 bits per heavy atom. The summed E-state index contributed by atoms with van der Waals surface area (Å²) in [5.74, 6) is 1.36. The molecule has 170 valence electrons. The Hall–Kier alpha value is -4.01. The van der Waals surface area contributed by atoms with E-state index in [4.69, 9.17) is 26.8 Å². The van der Waals surface area contributed by atoms with Crippen LogP contribution in [0, 0.1) is 18.3 Å². The van der Waals surface area contributed by atoms with Gasteiger partial charge in [-0.3, -0.25) is 0 Å². The second-order valence-electron chi connectivity index (χ2n) is 7.66. The molecule has 5 nitrogen and oxygen atoms in total. The molecule has 0 saturated carbocycles. The van der Waals surface area contributed by atoms with Crippen LogP contribution in [0.5, 0.6) is 11.5 Å². The van der Waals surface area contributed by atoms with Crippen molar-refractivity contribution in [2.45, 2.75) is 20.5 Å². The maximum Gasteiger partial charge on any atom is 0.161 e. The first-order chi connectivity index (χ1) is 16.5. The van der Waals surface area contributed by atoms with Gasteiger partial charge in [-0.1, -0.05) is 66.2 Å². The summed E-state index contributed by atoms with van der Waals surface area (Å²) in [5, 5.41) is 10.6. The van der Waals surface area contributed by atoms with E-state index in [1.54, 1.807) is 0 Å². The summed E-state index contributed by atoms with van der Waals surface area (Å²) in [6.07, 6.45) is 0. The molecule has 1 heterocycles. The Labute approximate surface area is 204 Å². The van der Waals surface area contributed by atoms with E-state index in [0.29, 0.717) is 35.3 Å². The number of nitrogens with zero attached hydrogens (tertiary/aromatic N) is 2. The van der Waals surface area contributed by atoms with Gasteiger partial charge < -0.3 is 15.2 Å². The summed E-state index contributed by atoms with van der Waals surface area (Å²) in [4.78, 5) is 4.44. The Bertz CT molecular complexity index is 1360. The van der Waals surface area contributed by atoms with Crippen molar-refractivity contribution >= 4 is 17.4 Å². The van der Waals surface area contributed by atoms with E-state index in [-0.39, 0.29) is 5.82 Å². The molecule has 34 heavy (non-hydrogen) atoms. The highest BCUT2D eigenvalue weighted by Crippen LogP contribution is 2.41. The largest absolute Gasteiger partial charge is 0.490 e. The molecule has 0 bridgehead atoms. The van der Waals surface area contributed by atoms with E-state index in [2.05, 4.69) is 11.1 Å². The maximum atomic E-state index is 9.95. The Balaban J connectivity index is 1.83. The first-order valence-electron chi connectivity index (χ1n) is 10.9. The van der Waals surface area contributed by atoms with Gasteiger partial charge >= 0.3 is 0 Å². The van der Waals surface area contributed by atoms with Gasteiger partial charge in [-0.2, -0.15) is 5.26 Å². The lowest BCUT2D eigenvalue weighted by atomic mass is 9.90. The van der Waals surface area contributed by atoms with E-state index >= 15 is 0 Å². The van der Waals surface area contributed by atoms with Crippen LogP contribution in [0.4, 0.5) is 5.82 Å². The standard InChI is InChI=1S/C28H24ClN3O2/c1-3-33-25-15-20(13-14-24(25)34-17-21-11-7-8-12-23(21)29)27-22(16-30)28(31)32-18(2)26(27)19-9-5-4-6-10-19/h4-15H,3,17H2,1-2H3,(H2,31,32). The molecule has 0 unspecified atom stereocenters. The lowest BCUT2D eigenvalue weighted by Crippen LogP contribution is -2.04. The van der Waals surface area contributed by atoms with Crippen LogP contribution in [0.15, 0.2) is 72.8 Å². The Morgan fingerprint density at radius 3 is 2.35 bits per heavy atom. The molecular weight excluding hydrogens is 446 g/mol. The SMILES string of the molecule is CCOc1cc(-c2c(C#N)c(N)nc(C)c2-c2ccccc2)ccc1OCc1ccccc1Cl. The number of aryl methyl sites for hydroxylation is 1. The summed E-state index contributed by atoms with van der Waals surface area (Å²) in [7, 11) is 0. The minimum absolute atomic E-state index is 0.201. The second-order valence-corrected chi connectivity index (χ2v) is 8.07. The lowest BCUT2D eigenvalue weighted by Gasteiger charge is -2.18. The first kappa shape index (κ1) is 23.2. The molecule has 0 aliphatic carbocycles. The molecule has 0 amide bonds. The van der Waals surface area contributed by atoms with Crippen LogP contribution in [0.3, 0.4) is 0 Å². The van der Waals surface area contributed by atoms with Gasteiger partial charge in [0, 0.05) is 27.4 Å². The van der Waals surface area contributed by atoms with Gasteiger partial charge in [0.2, 0.25) is 0 Å². The third-order valence-corrected chi connectivity index (χ3v) is 5.82. The summed E-state index contributed by atoms with van der Waals surface area (Å²) >= 11 is 6.28. The lowest BCUT2D eigenvalue weighted by molar-refractivity contribution is 0.269. The molecular formula is C28H24ClN3O2. The zero-order valence-corrected chi connectivity index (χ0v) is 19.8. The van der Waals surface area contributed by atoms with E-state index in [1.165, 1.54) is 0 Å². The van der Waals surface area contributed by atoms with Gasteiger partial charge in [0.1, 0.15) is 24.1 Å². The van der Waals surface area contributed by atoms with Crippen molar-refractivity contribution in [2.24, 2.45) is 0 Å². The molecule has 0 aliphatic heterocycles. The van der Waals surface area contributed by atoms with Crippen LogP contribution in [0.25, 0.3) is 22.3 Å². The molecule has 0 atom stereocenters. The number of nitrogen functional groups attached to an aromatic ring is 1. The van der Waals surface area contributed by atoms with Crippen LogP contribution >= 0.6 is 11.6 Å². The smallest absolute Gasteiger partial charge is 0.161 e. The maximum absolute atomic E-state index is 9.95. The van der Waals surface area contributed by atoms with Crippen molar-refractivity contribution in [2.75, 3.05) is 12.3 Å². The van der Waals surface area contributed by atoms with Crippen molar-refractivity contribution in [1.82, 2.24) is 4.98 Å². The predicted molar refractivity (Wildman–Crippen MR) is 136 cm³/mol. The van der Waals surface area contributed by atoms with Crippen LogP contribution in [0.2, 0.25) is 5.02 Å². The molecule has 0 saturated heterocycles. The quantitative estimate of drug-likeness (QED) is 0.321. The van der Waals surface area contributed by atoms with Crippen molar-refractivity contribution in [3.63, 3.8) is 0 Å². The van der Waals surface area contributed by atoms with Crippen LogP contribution in [0.1, 0.15) is 23.7 Å². The molecule has 0 fully saturated rings. The van der Waals surface area contributed by atoms with Gasteiger partial charge in [0.05, 0.1) is 6.61 Å². The molecule has 3 aromatic carbocycles. The molecule has 4 rings (SSSR count). The number of anilines is 1. The second kappa shape index (κ2) is 10.3. The van der Waals surface area contributed by atoms with E-state index in [1.807, 2.05) is 86.6 Å². The number of hydrogen-bond acceptors (Lipinski definition) is 5. The topological polar surface area (TPSA) is 81.2 Å². The number of ether oxygens (including phenoxy) is 2. The van der Waals surface area contributed by atoms with Gasteiger partial charge in [-0.15, -0.1) is 0 Å². The number of pyridine rings is 1. The minimum atomic E-state index is 0.201. The number of halogens is 1. The Kier molecular flexibility index (Phi) is 7.01. The van der Waals surface area contributed by atoms with Crippen LogP contribution in [-0.2, 0) is 6.61 Å². The zero-order valence-electron chi connectivity index (χ0n) is 19.0. The van der Waals surface area contributed by atoms with Crippen molar-refractivity contribution in [3.8, 4) is 39.8 Å². The van der Waals surface area contributed by atoms with E-state index in [9.17, 15) is 5.26 Å². The number of benzene rings is 3. The monoisotopic (exact) mass is 469 g/mol. The third-order valence-electron chi connectivity index (χ3n) is 5.45. The molecule has 4 aromatic rings. The Morgan fingerprint density at radius 1 is 0.912 bits per heavy atom.